The zero-order valence-electron chi connectivity index (χ0n) is 18.3. The van der Waals surface area contributed by atoms with Crippen molar-refractivity contribution in [2.75, 3.05) is 18.2 Å². The van der Waals surface area contributed by atoms with Gasteiger partial charge in [0.1, 0.15) is 5.92 Å². The average molecular weight is 528 g/mol. The van der Waals surface area contributed by atoms with Gasteiger partial charge < -0.3 is 15.4 Å². The summed E-state index contributed by atoms with van der Waals surface area (Å²) in [6.45, 7) is 3.80. The maximum atomic E-state index is 12.8. The number of nitrogens with one attached hydrogen (secondary N) is 2. The average Bonchev–Trinajstić information content (AvgIpc) is 2.79. The zero-order valence-corrected chi connectivity index (χ0v) is 20.7. The van der Waals surface area contributed by atoms with Crippen LogP contribution >= 0.6 is 27.7 Å². The van der Waals surface area contributed by atoms with Crippen LogP contribution in [0, 0.1) is 31.1 Å². The SMILES string of the molecule is COC(=O)[C@@H]1C(=O)NC(SCC(=O)Nc2c(C)cc(Br)cc2C)=C(C#N)[C@H]1c1ccccc1. The number of carbonyl (C=O) groups excluding carboxylic acids is 3. The van der Waals surface area contributed by atoms with Gasteiger partial charge in [-0.3, -0.25) is 14.4 Å². The Balaban J connectivity index is 1.88. The lowest BCUT2D eigenvalue weighted by molar-refractivity contribution is -0.150. The molecule has 9 heteroatoms. The molecule has 0 radical (unpaired) electrons. The van der Waals surface area contributed by atoms with Gasteiger partial charge in [-0.25, -0.2) is 0 Å². The number of benzene rings is 2. The number of aryl methyl sites for hydroxylation is 2. The molecule has 170 valence electrons. The molecule has 3 rings (SSSR count). The molecule has 0 saturated heterocycles. The van der Waals surface area contributed by atoms with Gasteiger partial charge in [0.05, 0.1) is 29.5 Å². The Hall–Kier alpha value is -3.09. The number of nitriles is 1. The number of anilines is 1. The fourth-order valence-electron chi connectivity index (χ4n) is 3.76. The highest BCUT2D eigenvalue weighted by Crippen LogP contribution is 2.40. The molecule has 1 heterocycles. The minimum atomic E-state index is -1.20. The van der Waals surface area contributed by atoms with E-state index in [-0.39, 0.29) is 22.3 Å². The molecule has 2 aromatic carbocycles. The third kappa shape index (κ3) is 5.46. The number of halogens is 1. The monoisotopic (exact) mass is 527 g/mol. The molecule has 2 amide bonds. The summed E-state index contributed by atoms with van der Waals surface area (Å²) < 4.78 is 5.75. The lowest BCUT2D eigenvalue weighted by atomic mass is 9.78. The largest absolute Gasteiger partial charge is 0.468 e. The standard InChI is InChI=1S/C24H22BrN3O4S/c1-13-9-16(25)10-14(2)21(13)27-18(29)12-33-23-17(11-26)19(15-7-5-4-6-8-15)20(22(30)28-23)24(31)32-3/h4-10,19-20H,12H2,1-3H3,(H,27,29)(H,28,30)/t19-,20+/m1/s1. The van der Waals surface area contributed by atoms with E-state index in [0.717, 1.165) is 33.0 Å². The molecule has 33 heavy (non-hydrogen) atoms. The van der Waals surface area contributed by atoms with E-state index in [9.17, 15) is 19.6 Å². The Morgan fingerprint density at radius 3 is 2.42 bits per heavy atom. The first-order valence-electron chi connectivity index (χ1n) is 10.0. The third-order valence-corrected chi connectivity index (χ3v) is 6.73. The van der Waals surface area contributed by atoms with Gasteiger partial charge in [0.2, 0.25) is 11.8 Å². The number of allylic oxidation sites excluding steroid dienone is 1. The minimum Gasteiger partial charge on any atom is -0.468 e. The molecular formula is C24H22BrN3O4S. The summed E-state index contributed by atoms with van der Waals surface area (Å²) in [5.41, 5.74) is 3.40. The van der Waals surface area contributed by atoms with Crippen LogP contribution in [0.15, 0.2) is 57.5 Å². The van der Waals surface area contributed by atoms with Crippen molar-refractivity contribution in [1.82, 2.24) is 5.32 Å². The second-order valence-electron chi connectivity index (χ2n) is 7.48. The van der Waals surface area contributed by atoms with Crippen molar-refractivity contribution in [2.45, 2.75) is 19.8 Å². The minimum absolute atomic E-state index is 0.0276. The van der Waals surface area contributed by atoms with Crippen LogP contribution < -0.4 is 10.6 Å². The number of methoxy groups -OCH3 is 1. The first kappa shape index (κ1) is 24.6. The molecule has 0 saturated carbocycles. The van der Waals surface area contributed by atoms with Gasteiger partial charge in [-0.2, -0.15) is 5.26 Å². The summed E-state index contributed by atoms with van der Waals surface area (Å²) in [5, 5.41) is 15.7. The molecule has 0 aromatic heterocycles. The summed E-state index contributed by atoms with van der Waals surface area (Å²) in [5.74, 6) is -3.61. The van der Waals surface area contributed by atoms with Crippen molar-refractivity contribution in [3.05, 3.63) is 74.2 Å². The van der Waals surface area contributed by atoms with Gasteiger partial charge in [0.15, 0.2) is 0 Å². The molecule has 2 aromatic rings. The van der Waals surface area contributed by atoms with Gasteiger partial charge in [0, 0.05) is 16.1 Å². The molecule has 0 spiro atoms. The Morgan fingerprint density at radius 1 is 1.21 bits per heavy atom. The summed E-state index contributed by atoms with van der Waals surface area (Å²) >= 11 is 4.48. The molecule has 0 aliphatic carbocycles. The second kappa shape index (κ2) is 10.7. The normalized spacial score (nSPS) is 17.7. The number of ether oxygens (including phenoxy) is 1. The number of rotatable bonds is 6. The molecule has 2 atom stereocenters. The Labute approximate surface area is 204 Å². The lowest BCUT2D eigenvalue weighted by Gasteiger charge is -2.30. The van der Waals surface area contributed by atoms with Crippen LogP contribution in [0.5, 0.6) is 0 Å². The van der Waals surface area contributed by atoms with Crippen LogP contribution in [0.4, 0.5) is 5.69 Å². The molecular weight excluding hydrogens is 506 g/mol. The van der Waals surface area contributed by atoms with E-state index in [4.69, 9.17) is 4.74 Å². The fraction of sp³-hybridized carbons (Fsp3) is 0.250. The first-order chi connectivity index (χ1) is 15.8. The number of hydrogen-bond donors (Lipinski definition) is 2. The second-order valence-corrected chi connectivity index (χ2v) is 9.39. The summed E-state index contributed by atoms with van der Waals surface area (Å²) in [4.78, 5) is 37.9. The van der Waals surface area contributed by atoms with E-state index in [1.165, 1.54) is 7.11 Å². The smallest absolute Gasteiger partial charge is 0.319 e. The van der Waals surface area contributed by atoms with Crippen molar-refractivity contribution in [2.24, 2.45) is 5.92 Å². The Bertz CT molecular complexity index is 1150. The molecule has 7 nitrogen and oxygen atoms in total. The number of carbonyl (C=O) groups is 3. The van der Waals surface area contributed by atoms with E-state index in [0.29, 0.717) is 5.56 Å². The Morgan fingerprint density at radius 2 is 1.85 bits per heavy atom. The summed E-state index contributed by atoms with van der Waals surface area (Å²) in [7, 11) is 1.20. The predicted molar refractivity (Wildman–Crippen MR) is 130 cm³/mol. The van der Waals surface area contributed by atoms with Crippen molar-refractivity contribution in [1.29, 1.82) is 5.26 Å². The summed E-state index contributed by atoms with van der Waals surface area (Å²) in [6, 6.07) is 14.8. The van der Waals surface area contributed by atoms with Crippen LogP contribution in [0.25, 0.3) is 0 Å². The maximum absolute atomic E-state index is 12.8. The Kier molecular flexibility index (Phi) is 7.95. The molecule has 1 aliphatic heterocycles. The molecule has 0 bridgehead atoms. The van der Waals surface area contributed by atoms with Crippen LogP contribution in [0.3, 0.4) is 0 Å². The van der Waals surface area contributed by atoms with Crippen LogP contribution in [0.1, 0.15) is 22.6 Å². The summed E-state index contributed by atoms with van der Waals surface area (Å²) in [6.07, 6.45) is 0. The van der Waals surface area contributed by atoms with E-state index in [1.54, 1.807) is 30.3 Å². The highest BCUT2D eigenvalue weighted by Gasteiger charge is 2.44. The van der Waals surface area contributed by atoms with E-state index < -0.39 is 23.7 Å². The zero-order chi connectivity index (χ0) is 24.1. The van der Waals surface area contributed by atoms with Crippen LogP contribution in [-0.4, -0.2) is 30.6 Å². The lowest BCUT2D eigenvalue weighted by Crippen LogP contribution is -2.44. The molecule has 2 N–H and O–H groups in total. The number of amides is 2. The van der Waals surface area contributed by atoms with E-state index >= 15 is 0 Å². The number of esters is 1. The van der Waals surface area contributed by atoms with Gasteiger partial charge >= 0.3 is 5.97 Å². The highest BCUT2D eigenvalue weighted by atomic mass is 79.9. The topological polar surface area (TPSA) is 108 Å². The fourth-order valence-corrected chi connectivity index (χ4v) is 5.30. The van der Waals surface area contributed by atoms with Crippen molar-refractivity contribution < 1.29 is 19.1 Å². The quantitative estimate of drug-likeness (QED) is 0.431. The predicted octanol–water partition coefficient (Wildman–Crippen LogP) is 4.18. The van der Waals surface area contributed by atoms with Gasteiger partial charge in [0.25, 0.3) is 0 Å². The van der Waals surface area contributed by atoms with Gasteiger partial charge in [-0.1, -0.05) is 58.0 Å². The number of thioether (sulfide) groups is 1. The molecule has 0 fully saturated rings. The van der Waals surface area contributed by atoms with Crippen molar-refractivity contribution >= 4 is 51.2 Å². The van der Waals surface area contributed by atoms with Crippen LogP contribution in [0.2, 0.25) is 0 Å². The highest BCUT2D eigenvalue weighted by molar-refractivity contribution is 9.10. The van der Waals surface area contributed by atoms with E-state index in [2.05, 4.69) is 32.6 Å². The van der Waals surface area contributed by atoms with Gasteiger partial charge in [-0.05, 0) is 42.7 Å². The van der Waals surface area contributed by atoms with Gasteiger partial charge in [-0.15, -0.1) is 0 Å². The third-order valence-electron chi connectivity index (χ3n) is 5.25. The van der Waals surface area contributed by atoms with Crippen molar-refractivity contribution in [3.63, 3.8) is 0 Å². The molecule has 0 unspecified atom stereocenters. The van der Waals surface area contributed by atoms with E-state index in [1.807, 2.05) is 26.0 Å². The van der Waals surface area contributed by atoms with Crippen molar-refractivity contribution in [3.8, 4) is 6.07 Å². The molecule has 1 aliphatic rings. The van der Waals surface area contributed by atoms with Crippen LogP contribution in [-0.2, 0) is 19.1 Å². The number of nitrogens with zero attached hydrogens (tertiary/aromatic N) is 1. The first-order valence-corrected chi connectivity index (χ1v) is 11.8. The number of hydrogen-bond acceptors (Lipinski definition) is 6. The maximum Gasteiger partial charge on any atom is 0.319 e.